The number of benzene rings is 1. The number of rotatable bonds is 3. The number of imidazole rings is 1. The average Bonchev–Trinajstić information content (AvgIpc) is 3.07. The molecule has 1 N–H and O–H groups in total. The van der Waals surface area contributed by atoms with Gasteiger partial charge in [0.15, 0.2) is 5.69 Å². The first-order valence-electron chi connectivity index (χ1n) is 8.62. The number of nitrogens with zero attached hydrogens (tertiary/aromatic N) is 4. The zero-order chi connectivity index (χ0) is 19.0. The summed E-state index contributed by atoms with van der Waals surface area (Å²) in [5, 5.41) is 10.7. The van der Waals surface area contributed by atoms with Crippen molar-refractivity contribution in [3.63, 3.8) is 0 Å². The number of hydrogen-bond donors (Lipinski definition) is 1. The maximum atomic E-state index is 14.0. The SMILES string of the molecule is Cc1ccc(C(=O)NC2CCc3nc(-c4cc(F)ccc4F)cn3C2)nn1. The Hall–Kier alpha value is -3.16. The van der Waals surface area contributed by atoms with Crippen LogP contribution in [0.3, 0.4) is 0 Å². The lowest BCUT2D eigenvalue weighted by atomic mass is 10.1. The highest BCUT2D eigenvalue weighted by molar-refractivity contribution is 5.92. The lowest BCUT2D eigenvalue weighted by Crippen LogP contribution is -2.41. The van der Waals surface area contributed by atoms with E-state index in [0.717, 1.165) is 29.7 Å². The Morgan fingerprint density at radius 1 is 1.22 bits per heavy atom. The molecule has 138 valence electrons. The molecular formula is C19H17F2N5O. The molecule has 1 aromatic carbocycles. The fourth-order valence-corrected chi connectivity index (χ4v) is 3.16. The van der Waals surface area contributed by atoms with Gasteiger partial charge in [0.2, 0.25) is 0 Å². The molecule has 1 aliphatic heterocycles. The maximum absolute atomic E-state index is 14.0. The highest BCUT2D eigenvalue weighted by Gasteiger charge is 2.23. The van der Waals surface area contributed by atoms with Gasteiger partial charge in [0.05, 0.1) is 11.4 Å². The van der Waals surface area contributed by atoms with Crippen molar-refractivity contribution in [1.82, 2.24) is 25.1 Å². The summed E-state index contributed by atoms with van der Waals surface area (Å²) in [6, 6.07) is 6.57. The number of hydrogen-bond acceptors (Lipinski definition) is 4. The van der Waals surface area contributed by atoms with Crippen LogP contribution in [0.15, 0.2) is 36.5 Å². The van der Waals surface area contributed by atoms with Crippen molar-refractivity contribution in [2.75, 3.05) is 0 Å². The largest absolute Gasteiger partial charge is 0.346 e. The number of carbonyl (C=O) groups excluding carboxylic acids is 1. The molecule has 0 radical (unpaired) electrons. The Kier molecular flexibility index (Phi) is 4.39. The van der Waals surface area contributed by atoms with Gasteiger partial charge in [-0.25, -0.2) is 13.8 Å². The van der Waals surface area contributed by atoms with Crippen molar-refractivity contribution in [3.8, 4) is 11.3 Å². The lowest BCUT2D eigenvalue weighted by Gasteiger charge is -2.24. The minimum absolute atomic E-state index is 0.104. The highest BCUT2D eigenvalue weighted by atomic mass is 19.1. The Bertz CT molecular complexity index is 1000. The molecule has 3 heterocycles. The summed E-state index contributed by atoms with van der Waals surface area (Å²) in [5.41, 5.74) is 1.52. The van der Waals surface area contributed by atoms with Gasteiger partial charge in [0.1, 0.15) is 17.5 Å². The molecule has 1 unspecified atom stereocenters. The lowest BCUT2D eigenvalue weighted by molar-refractivity contribution is 0.0921. The summed E-state index contributed by atoms with van der Waals surface area (Å²) in [4.78, 5) is 16.7. The molecular weight excluding hydrogens is 352 g/mol. The number of carbonyl (C=O) groups is 1. The quantitative estimate of drug-likeness (QED) is 0.770. The van der Waals surface area contributed by atoms with Gasteiger partial charge in [-0.15, -0.1) is 5.10 Å². The van der Waals surface area contributed by atoms with E-state index in [4.69, 9.17) is 0 Å². The molecule has 1 amide bonds. The Balaban J connectivity index is 1.50. The van der Waals surface area contributed by atoms with E-state index in [1.165, 1.54) is 0 Å². The molecule has 4 rings (SSSR count). The zero-order valence-electron chi connectivity index (χ0n) is 14.6. The van der Waals surface area contributed by atoms with Crippen molar-refractivity contribution in [2.45, 2.75) is 32.4 Å². The molecule has 8 heteroatoms. The fourth-order valence-electron chi connectivity index (χ4n) is 3.16. The van der Waals surface area contributed by atoms with E-state index in [2.05, 4.69) is 20.5 Å². The molecule has 1 aliphatic rings. The van der Waals surface area contributed by atoms with Crippen molar-refractivity contribution < 1.29 is 13.6 Å². The van der Waals surface area contributed by atoms with Crippen molar-refractivity contribution >= 4 is 5.91 Å². The summed E-state index contributed by atoms with van der Waals surface area (Å²) in [5.74, 6) is -0.530. The molecule has 27 heavy (non-hydrogen) atoms. The topological polar surface area (TPSA) is 72.7 Å². The minimum atomic E-state index is -0.519. The van der Waals surface area contributed by atoms with Gasteiger partial charge in [-0.3, -0.25) is 4.79 Å². The second-order valence-electron chi connectivity index (χ2n) is 6.59. The first kappa shape index (κ1) is 17.3. The van der Waals surface area contributed by atoms with E-state index < -0.39 is 11.6 Å². The van der Waals surface area contributed by atoms with Gasteiger partial charge in [-0.1, -0.05) is 0 Å². The molecule has 2 aromatic heterocycles. The molecule has 0 spiro atoms. The first-order valence-corrected chi connectivity index (χ1v) is 8.62. The molecule has 3 aromatic rings. The summed E-state index contributed by atoms with van der Waals surface area (Å²) in [7, 11) is 0. The van der Waals surface area contributed by atoms with Gasteiger partial charge < -0.3 is 9.88 Å². The van der Waals surface area contributed by atoms with Gasteiger partial charge in [0, 0.05) is 30.8 Å². The summed E-state index contributed by atoms with van der Waals surface area (Å²) in [6.07, 6.45) is 3.02. The molecule has 0 saturated heterocycles. The standard InChI is InChI=1S/C19H17F2N5O/c1-11-2-6-16(25-24-11)19(27)22-13-4-7-18-23-17(10-26(18)9-13)14-8-12(20)3-5-15(14)21/h2-3,5-6,8,10,13H,4,7,9H2,1H3,(H,22,27). The van der Waals surface area contributed by atoms with E-state index in [0.29, 0.717) is 25.1 Å². The second-order valence-corrected chi connectivity index (χ2v) is 6.59. The van der Waals surface area contributed by atoms with E-state index in [1.54, 1.807) is 25.3 Å². The van der Waals surface area contributed by atoms with Crippen LogP contribution in [-0.4, -0.2) is 31.7 Å². The molecule has 0 aliphatic carbocycles. The highest BCUT2D eigenvalue weighted by Crippen LogP contribution is 2.25. The van der Waals surface area contributed by atoms with Gasteiger partial charge >= 0.3 is 0 Å². The van der Waals surface area contributed by atoms with E-state index in [1.807, 2.05) is 4.57 Å². The number of aryl methyl sites for hydroxylation is 2. The number of halogens is 2. The second kappa shape index (κ2) is 6.86. The monoisotopic (exact) mass is 369 g/mol. The number of aromatic nitrogens is 4. The van der Waals surface area contributed by atoms with Gasteiger partial charge in [0.25, 0.3) is 5.91 Å². The van der Waals surface area contributed by atoms with Crippen LogP contribution in [0.25, 0.3) is 11.3 Å². The van der Waals surface area contributed by atoms with Crippen molar-refractivity contribution in [2.24, 2.45) is 0 Å². The zero-order valence-corrected chi connectivity index (χ0v) is 14.6. The maximum Gasteiger partial charge on any atom is 0.272 e. The predicted octanol–water partition coefficient (Wildman–Crippen LogP) is 2.67. The van der Waals surface area contributed by atoms with Crippen LogP contribution in [-0.2, 0) is 13.0 Å². The fraction of sp³-hybridized carbons (Fsp3) is 0.263. The third-order valence-electron chi connectivity index (χ3n) is 4.56. The minimum Gasteiger partial charge on any atom is -0.346 e. The van der Waals surface area contributed by atoms with Crippen LogP contribution in [0.5, 0.6) is 0 Å². The predicted molar refractivity (Wildman–Crippen MR) is 93.9 cm³/mol. The van der Waals surface area contributed by atoms with Crippen LogP contribution in [0.4, 0.5) is 8.78 Å². The molecule has 1 atom stereocenters. The van der Waals surface area contributed by atoms with Crippen LogP contribution < -0.4 is 5.32 Å². The first-order chi connectivity index (χ1) is 13.0. The third kappa shape index (κ3) is 3.55. The normalized spacial score (nSPS) is 16.0. The number of fused-ring (bicyclic) bond motifs is 1. The van der Waals surface area contributed by atoms with Crippen LogP contribution in [0, 0.1) is 18.6 Å². The molecule has 0 saturated carbocycles. The van der Waals surface area contributed by atoms with Crippen molar-refractivity contribution in [3.05, 3.63) is 65.4 Å². The van der Waals surface area contributed by atoms with Crippen LogP contribution >= 0.6 is 0 Å². The summed E-state index contributed by atoms with van der Waals surface area (Å²) < 4.78 is 29.3. The van der Waals surface area contributed by atoms with E-state index >= 15 is 0 Å². The average molecular weight is 369 g/mol. The number of nitrogens with one attached hydrogen (secondary N) is 1. The third-order valence-corrected chi connectivity index (χ3v) is 4.56. The summed E-state index contributed by atoms with van der Waals surface area (Å²) in [6.45, 7) is 2.31. The van der Waals surface area contributed by atoms with Gasteiger partial charge in [-0.05, 0) is 43.7 Å². The van der Waals surface area contributed by atoms with Crippen LogP contribution in [0.2, 0.25) is 0 Å². The van der Waals surface area contributed by atoms with E-state index in [-0.39, 0.29) is 23.2 Å². The number of amides is 1. The van der Waals surface area contributed by atoms with E-state index in [9.17, 15) is 13.6 Å². The Morgan fingerprint density at radius 3 is 2.85 bits per heavy atom. The Labute approximate surface area is 154 Å². The Morgan fingerprint density at radius 2 is 2.07 bits per heavy atom. The molecule has 0 bridgehead atoms. The smallest absolute Gasteiger partial charge is 0.272 e. The molecule has 0 fully saturated rings. The molecule has 6 nitrogen and oxygen atoms in total. The summed E-state index contributed by atoms with van der Waals surface area (Å²) >= 11 is 0. The van der Waals surface area contributed by atoms with Crippen LogP contribution in [0.1, 0.15) is 28.4 Å². The van der Waals surface area contributed by atoms with Gasteiger partial charge in [-0.2, -0.15) is 5.10 Å². The van der Waals surface area contributed by atoms with Crippen molar-refractivity contribution in [1.29, 1.82) is 0 Å².